The van der Waals surface area contributed by atoms with Crippen molar-refractivity contribution in [1.29, 1.82) is 0 Å². The highest BCUT2D eigenvalue weighted by atomic mass is 32.2. The van der Waals surface area contributed by atoms with Gasteiger partial charge in [-0.05, 0) is 23.9 Å². The Morgan fingerprint density at radius 1 is 1.23 bits per heavy atom. The Morgan fingerprint density at radius 3 is 2.65 bits per heavy atom. The van der Waals surface area contributed by atoms with Crippen LogP contribution in [0.2, 0.25) is 0 Å². The maximum absolute atomic E-state index is 12.5. The zero-order chi connectivity index (χ0) is 19.1. The van der Waals surface area contributed by atoms with E-state index < -0.39 is 17.1 Å². The van der Waals surface area contributed by atoms with Crippen LogP contribution in [-0.2, 0) is 14.3 Å². The summed E-state index contributed by atoms with van der Waals surface area (Å²) in [4.78, 5) is 37.5. The van der Waals surface area contributed by atoms with Crippen LogP contribution >= 0.6 is 11.8 Å². The average Bonchev–Trinajstić information content (AvgIpc) is 2.89. The van der Waals surface area contributed by atoms with E-state index in [2.05, 4.69) is 5.32 Å². The maximum Gasteiger partial charge on any atom is 0.294 e. The second-order valence-electron chi connectivity index (χ2n) is 5.19. The van der Waals surface area contributed by atoms with Crippen LogP contribution < -0.4 is 14.8 Å². The lowest BCUT2D eigenvalue weighted by Crippen LogP contribution is -2.40. The highest BCUT2D eigenvalue weighted by Gasteiger charge is 2.36. The zero-order valence-electron chi connectivity index (χ0n) is 14.7. The number of amides is 3. The van der Waals surface area contributed by atoms with Crippen LogP contribution in [-0.4, -0.2) is 63.0 Å². The molecule has 1 fully saturated rings. The van der Waals surface area contributed by atoms with Crippen molar-refractivity contribution < 1.29 is 28.6 Å². The number of para-hydroxylation sites is 1. The first kappa shape index (κ1) is 19.8. The molecule has 1 aliphatic rings. The molecule has 0 spiro atoms. The monoisotopic (exact) mass is 380 g/mol. The summed E-state index contributed by atoms with van der Waals surface area (Å²) in [5, 5.41) is 2.08. The molecule has 1 N–H and O–H groups in total. The number of methoxy groups -OCH3 is 3. The molecular weight excluding hydrogens is 360 g/mol. The number of nitrogens with one attached hydrogen (secondary N) is 1. The van der Waals surface area contributed by atoms with Gasteiger partial charge in [0.2, 0.25) is 5.91 Å². The van der Waals surface area contributed by atoms with Crippen LogP contribution in [0.3, 0.4) is 0 Å². The summed E-state index contributed by atoms with van der Waals surface area (Å²) in [6, 6.07) is 5.22. The van der Waals surface area contributed by atoms with Crippen LogP contribution in [0.4, 0.5) is 4.79 Å². The fourth-order valence-electron chi connectivity index (χ4n) is 2.30. The molecule has 1 aliphatic heterocycles. The van der Waals surface area contributed by atoms with Crippen molar-refractivity contribution in [2.24, 2.45) is 0 Å². The summed E-state index contributed by atoms with van der Waals surface area (Å²) in [6.07, 6.45) is 1.55. The van der Waals surface area contributed by atoms with Crippen molar-refractivity contribution in [3.63, 3.8) is 0 Å². The van der Waals surface area contributed by atoms with Gasteiger partial charge in [-0.3, -0.25) is 19.3 Å². The van der Waals surface area contributed by atoms with Crippen LogP contribution in [0.25, 0.3) is 6.08 Å². The summed E-state index contributed by atoms with van der Waals surface area (Å²) in [7, 11) is 4.52. The molecule has 2 rings (SSSR count). The van der Waals surface area contributed by atoms with Crippen molar-refractivity contribution in [3.05, 3.63) is 28.7 Å². The average molecular weight is 380 g/mol. The van der Waals surface area contributed by atoms with Crippen LogP contribution in [0, 0.1) is 0 Å². The first-order chi connectivity index (χ1) is 12.5. The topological polar surface area (TPSA) is 94.2 Å². The number of hydrogen-bond acceptors (Lipinski definition) is 7. The Balaban J connectivity index is 2.16. The van der Waals surface area contributed by atoms with Gasteiger partial charge in [-0.15, -0.1) is 0 Å². The Bertz CT molecular complexity index is 734. The third-order valence-corrected chi connectivity index (χ3v) is 4.43. The molecule has 0 radical (unpaired) electrons. The van der Waals surface area contributed by atoms with E-state index in [9.17, 15) is 14.4 Å². The smallest absolute Gasteiger partial charge is 0.294 e. The first-order valence-corrected chi connectivity index (χ1v) is 8.55. The highest BCUT2D eigenvalue weighted by Crippen LogP contribution is 2.37. The summed E-state index contributed by atoms with van der Waals surface area (Å²) in [5.41, 5.74) is 0.599. The molecule has 140 valence electrons. The second-order valence-corrected chi connectivity index (χ2v) is 6.19. The lowest BCUT2D eigenvalue weighted by molar-refractivity contribution is -0.129. The Morgan fingerprint density at radius 2 is 2.00 bits per heavy atom. The number of carbonyl (C=O) groups is 3. The van der Waals surface area contributed by atoms with Gasteiger partial charge in [0.05, 0.1) is 25.7 Å². The van der Waals surface area contributed by atoms with E-state index in [-0.39, 0.29) is 11.4 Å². The summed E-state index contributed by atoms with van der Waals surface area (Å²) < 4.78 is 15.4. The van der Waals surface area contributed by atoms with Gasteiger partial charge in [0.15, 0.2) is 11.5 Å². The lowest BCUT2D eigenvalue weighted by atomic mass is 10.1. The fraction of sp³-hybridized carbons (Fsp3) is 0.353. The molecule has 26 heavy (non-hydrogen) atoms. The van der Waals surface area contributed by atoms with Crippen molar-refractivity contribution in [1.82, 2.24) is 10.2 Å². The standard InChI is InChI=1S/C17H20N2O6S/c1-23-8-7-18-14(20)10-19-16(21)13(26-17(19)22)9-11-5-4-6-12(24-2)15(11)25-3/h4-6,9H,7-8,10H2,1-3H3,(H,18,20)/b13-9-. The van der Waals surface area contributed by atoms with E-state index in [0.29, 0.717) is 30.2 Å². The van der Waals surface area contributed by atoms with Gasteiger partial charge in [0, 0.05) is 19.2 Å². The molecule has 9 heteroatoms. The molecule has 0 unspecified atom stereocenters. The molecule has 0 aromatic heterocycles. The highest BCUT2D eigenvalue weighted by molar-refractivity contribution is 8.18. The number of benzene rings is 1. The van der Waals surface area contributed by atoms with Crippen LogP contribution in [0.5, 0.6) is 11.5 Å². The van der Waals surface area contributed by atoms with E-state index in [0.717, 1.165) is 16.7 Å². The van der Waals surface area contributed by atoms with Crippen molar-refractivity contribution in [3.8, 4) is 11.5 Å². The largest absolute Gasteiger partial charge is 0.493 e. The number of nitrogens with zero attached hydrogens (tertiary/aromatic N) is 1. The quantitative estimate of drug-likeness (QED) is 0.539. The van der Waals surface area contributed by atoms with Gasteiger partial charge in [-0.2, -0.15) is 0 Å². The Kier molecular flexibility index (Phi) is 7.05. The van der Waals surface area contributed by atoms with Crippen molar-refractivity contribution >= 4 is 34.9 Å². The summed E-state index contributed by atoms with van der Waals surface area (Å²) >= 11 is 0.777. The summed E-state index contributed by atoms with van der Waals surface area (Å²) in [6.45, 7) is 0.326. The minimum atomic E-state index is -0.522. The zero-order valence-corrected chi connectivity index (χ0v) is 15.6. The molecule has 0 atom stereocenters. The second kappa shape index (κ2) is 9.25. The van der Waals surface area contributed by atoms with E-state index in [1.54, 1.807) is 24.3 Å². The molecule has 3 amide bonds. The number of rotatable bonds is 8. The first-order valence-electron chi connectivity index (χ1n) is 7.73. The third-order valence-electron chi connectivity index (χ3n) is 3.52. The SMILES string of the molecule is COCCNC(=O)CN1C(=O)S/C(=C\c2cccc(OC)c2OC)C1=O. The number of hydrogen-bond donors (Lipinski definition) is 1. The predicted octanol–water partition coefficient (Wildman–Crippen LogP) is 1.50. The minimum absolute atomic E-state index is 0.214. The normalized spacial score (nSPS) is 15.5. The molecular formula is C17H20N2O6S. The molecule has 0 aliphatic carbocycles. The number of thioether (sulfide) groups is 1. The Labute approximate surface area is 155 Å². The van der Waals surface area contributed by atoms with Crippen molar-refractivity contribution in [2.75, 3.05) is 41.0 Å². The van der Waals surface area contributed by atoms with Gasteiger partial charge in [-0.1, -0.05) is 12.1 Å². The van der Waals surface area contributed by atoms with Crippen LogP contribution in [0.15, 0.2) is 23.1 Å². The number of imide groups is 1. The molecule has 1 aromatic carbocycles. The van der Waals surface area contributed by atoms with Gasteiger partial charge >= 0.3 is 0 Å². The van der Waals surface area contributed by atoms with E-state index >= 15 is 0 Å². The van der Waals surface area contributed by atoms with Gasteiger partial charge < -0.3 is 19.5 Å². The third kappa shape index (κ3) is 4.55. The van der Waals surface area contributed by atoms with Crippen LogP contribution in [0.1, 0.15) is 5.56 Å². The number of carbonyl (C=O) groups excluding carboxylic acids is 3. The fourth-order valence-corrected chi connectivity index (χ4v) is 3.12. The van der Waals surface area contributed by atoms with Gasteiger partial charge in [-0.25, -0.2) is 0 Å². The maximum atomic E-state index is 12.5. The number of ether oxygens (including phenoxy) is 3. The van der Waals surface area contributed by atoms with Gasteiger partial charge in [0.1, 0.15) is 6.54 Å². The molecule has 1 aromatic rings. The molecule has 1 heterocycles. The van der Waals surface area contributed by atoms with E-state index in [4.69, 9.17) is 14.2 Å². The lowest BCUT2D eigenvalue weighted by Gasteiger charge is -2.12. The Hall–Kier alpha value is -2.52. The summed E-state index contributed by atoms with van der Waals surface area (Å²) in [5.74, 6) is 0.0217. The van der Waals surface area contributed by atoms with Gasteiger partial charge in [0.25, 0.3) is 11.1 Å². The molecule has 1 saturated heterocycles. The molecule has 0 saturated carbocycles. The van der Waals surface area contributed by atoms with E-state index in [1.165, 1.54) is 21.3 Å². The molecule has 8 nitrogen and oxygen atoms in total. The predicted molar refractivity (Wildman–Crippen MR) is 97.1 cm³/mol. The van der Waals surface area contributed by atoms with Crippen molar-refractivity contribution in [2.45, 2.75) is 0 Å². The minimum Gasteiger partial charge on any atom is -0.493 e. The van der Waals surface area contributed by atoms with E-state index in [1.807, 2.05) is 0 Å². The molecule has 0 bridgehead atoms.